The Morgan fingerprint density at radius 1 is 1.25 bits per heavy atom. The molecule has 0 bridgehead atoms. The van der Waals surface area contributed by atoms with Crippen LogP contribution < -0.4 is 5.73 Å². The molecule has 16 heavy (non-hydrogen) atoms. The van der Waals surface area contributed by atoms with Crippen molar-refractivity contribution in [2.75, 3.05) is 5.73 Å². The third kappa shape index (κ3) is 1.10. The molecule has 1 aromatic carbocycles. The maximum atomic E-state index is 5.61. The van der Waals surface area contributed by atoms with Gasteiger partial charge in [-0.2, -0.15) is 4.98 Å². The van der Waals surface area contributed by atoms with E-state index in [0.717, 1.165) is 16.6 Å². The first-order valence-electron chi connectivity index (χ1n) is 5.14. The first-order chi connectivity index (χ1) is 7.66. The first kappa shape index (κ1) is 9.15. The van der Waals surface area contributed by atoms with Crippen molar-refractivity contribution in [1.29, 1.82) is 0 Å². The van der Waals surface area contributed by atoms with E-state index in [1.807, 2.05) is 11.6 Å². The summed E-state index contributed by atoms with van der Waals surface area (Å²) in [5, 5.41) is 2.23. The minimum atomic E-state index is 0.315. The second-order valence-corrected chi connectivity index (χ2v) is 4.05. The molecule has 0 aliphatic rings. The molecule has 3 aromatic rings. The Kier molecular flexibility index (Phi) is 1.68. The second-order valence-electron chi connectivity index (χ2n) is 4.05. The molecular weight excluding hydrogens is 200 g/mol. The summed E-state index contributed by atoms with van der Waals surface area (Å²) in [5.41, 5.74) is 8.88. The Morgan fingerprint density at radius 2 is 2.06 bits per heavy atom. The van der Waals surface area contributed by atoms with Crippen LogP contribution in [-0.2, 0) is 7.05 Å². The maximum absolute atomic E-state index is 5.61. The van der Waals surface area contributed by atoms with Crippen LogP contribution in [0.15, 0.2) is 24.4 Å². The van der Waals surface area contributed by atoms with Gasteiger partial charge in [0, 0.05) is 24.0 Å². The van der Waals surface area contributed by atoms with Gasteiger partial charge in [0.25, 0.3) is 0 Å². The van der Waals surface area contributed by atoms with Crippen molar-refractivity contribution in [1.82, 2.24) is 14.5 Å². The minimum Gasteiger partial charge on any atom is -0.368 e. The Hall–Kier alpha value is -2.10. The highest BCUT2D eigenvalue weighted by Gasteiger charge is 2.09. The number of nitrogens with zero attached hydrogens (tertiary/aromatic N) is 3. The molecule has 0 aliphatic carbocycles. The highest BCUT2D eigenvalue weighted by Crippen LogP contribution is 2.27. The zero-order valence-electron chi connectivity index (χ0n) is 9.23. The lowest BCUT2D eigenvalue weighted by atomic mass is 10.1. The van der Waals surface area contributed by atoms with Crippen LogP contribution in [0.2, 0.25) is 0 Å². The van der Waals surface area contributed by atoms with Crippen LogP contribution in [-0.4, -0.2) is 14.5 Å². The van der Waals surface area contributed by atoms with Gasteiger partial charge in [-0.15, -0.1) is 0 Å². The van der Waals surface area contributed by atoms with Crippen LogP contribution in [0.4, 0.5) is 5.95 Å². The van der Waals surface area contributed by atoms with Crippen molar-refractivity contribution in [3.8, 4) is 0 Å². The summed E-state index contributed by atoms with van der Waals surface area (Å²) in [6.45, 7) is 2.08. The lowest BCUT2D eigenvalue weighted by Gasteiger charge is -1.97. The number of fused-ring (bicyclic) bond motifs is 3. The number of nitrogen functional groups attached to an aromatic ring is 1. The predicted molar refractivity (Wildman–Crippen MR) is 65.2 cm³/mol. The molecule has 2 N–H and O–H groups in total. The lowest BCUT2D eigenvalue weighted by molar-refractivity contribution is 0.985. The fourth-order valence-electron chi connectivity index (χ4n) is 2.10. The Labute approximate surface area is 92.7 Å². The van der Waals surface area contributed by atoms with E-state index in [9.17, 15) is 0 Å². The van der Waals surface area contributed by atoms with Crippen LogP contribution >= 0.6 is 0 Å². The quantitative estimate of drug-likeness (QED) is 0.620. The van der Waals surface area contributed by atoms with E-state index >= 15 is 0 Å². The van der Waals surface area contributed by atoms with Gasteiger partial charge in [-0.3, -0.25) is 0 Å². The average molecular weight is 212 g/mol. The van der Waals surface area contributed by atoms with E-state index < -0.39 is 0 Å². The average Bonchev–Trinajstić information content (AvgIpc) is 2.52. The zero-order valence-corrected chi connectivity index (χ0v) is 9.23. The van der Waals surface area contributed by atoms with Gasteiger partial charge >= 0.3 is 0 Å². The number of hydrogen-bond acceptors (Lipinski definition) is 3. The first-order valence-corrected chi connectivity index (χ1v) is 5.14. The SMILES string of the molecule is Cc1ccc2c(c1)c1cnc(N)nc1n2C. The lowest BCUT2D eigenvalue weighted by Crippen LogP contribution is -1.96. The molecule has 0 unspecified atom stereocenters. The Morgan fingerprint density at radius 3 is 2.88 bits per heavy atom. The third-order valence-electron chi connectivity index (χ3n) is 2.91. The van der Waals surface area contributed by atoms with Gasteiger partial charge in [0.05, 0.1) is 5.52 Å². The molecular formula is C12H12N4. The van der Waals surface area contributed by atoms with Gasteiger partial charge in [0.1, 0.15) is 5.65 Å². The minimum absolute atomic E-state index is 0.315. The second kappa shape index (κ2) is 2.95. The van der Waals surface area contributed by atoms with Crippen molar-refractivity contribution in [2.24, 2.45) is 7.05 Å². The number of hydrogen-bond donors (Lipinski definition) is 1. The molecule has 4 nitrogen and oxygen atoms in total. The normalized spacial score (nSPS) is 11.4. The summed E-state index contributed by atoms with van der Waals surface area (Å²) in [6, 6.07) is 6.34. The molecule has 4 heteroatoms. The van der Waals surface area contributed by atoms with E-state index in [4.69, 9.17) is 5.73 Å². The largest absolute Gasteiger partial charge is 0.368 e. The molecule has 0 saturated heterocycles. The molecule has 0 spiro atoms. The van der Waals surface area contributed by atoms with Crippen LogP contribution in [0, 0.1) is 6.92 Å². The highest BCUT2D eigenvalue weighted by atomic mass is 15.1. The molecule has 0 amide bonds. The smallest absolute Gasteiger partial charge is 0.221 e. The number of rotatable bonds is 0. The molecule has 0 fully saturated rings. The summed E-state index contributed by atoms with van der Waals surface area (Å²) in [5.74, 6) is 0.315. The monoisotopic (exact) mass is 212 g/mol. The molecule has 0 saturated carbocycles. The Balaban J connectivity index is 2.59. The van der Waals surface area contributed by atoms with E-state index in [1.165, 1.54) is 10.9 Å². The van der Waals surface area contributed by atoms with Crippen molar-refractivity contribution in [3.63, 3.8) is 0 Å². The van der Waals surface area contributed by atoms with Crippen LogP contribution in [0.1, 0.15) is 5.56 Å². The summed E-state index contributed by atoms with van der Waals surface area (Å²) < 4.78 is 2.04. The van der Waals surface area contributed by atoms with Gasteiger partial charge in [-0.25, -0.2) is 4.98 Å². The standard InChI is InChI=1S/C12H12N4/c1-7-3-4-10-8(5-7)9-6-14-12(13)15-11(9)16(10)2/h3-6H,1-2H3,(H2,13,14,15). The van der Waals surface area contributed by atoms with Crippen LogP contribution in [0.25, 0.3) is 21.9 Å². The number of aromatic nitrogens is 3. The van der Waals surface area contributed by atoms with E-state index in [0.29, 0.717) is 5.95 Å². The molecule has 2 aromatic heterocycles. The molecule has 0 aliphatic heterocycles. The molecule has 3 rings (SSSR count). The summed E-state index contributed by atoms with van der Waals surface area (Å²) >= 11 is 0. The van der Waals surface area contributed by atoms with Crippen molar-refractivity contribution in [3.05, 3.63) is 30.0 Å². The van der Waals surface area contributed by atoms with Crippen LogP contribution in [0.5, 0.6) is 0 Å². The number of benzene rings is 1. The van der Waals surface area contributed by atoms with Gasteiger partial charge in [-0.1, -0.05) is 11.6 Å². The highest BCUT2D eigenvalue weighted by molar-refractivity contribution is 6.06. The number of aryl methyl sites for hydroxylation is 2. The van der Waals surface area contributed by atoms with E-state index in [2.05, 4.69) is 35.1 Å². The van der Waals surface area contributed by atoms with E-state index in [-0.39, 0.29) is 0 Å². The molecule has 2 heterocycles. The van der Waals surface area contributed by atoms with Gasteiger partial charge < -0.3 is 10.3 Å². The Bertz CT molecular complexity index is 697. The van der Waals surface area contributed by atoms with E-state index in [1.54, 1.807) is 6.20 Å². The maximum Gasteiger partial charge on any atom is 0.221 e. The molecule has 0 radical (unpaired) electrons. The van der Waals surface area contributed by atoms with Gasteiger partial charge in [-0.05, 0) is 19.1 Å². The topological polar surface area (TPSA) is 56.7 Å². The van der Waals surface area contributed by atoms with Gasteiger partial charge in [0.15, 0.2) is 0 Å². The summed E-state index contributed by atoms with van der Waals surface area (Å²) in [4.78, 5) is 8.33. The number of nitrogens with two attached hydrogens (primary N) is 1. The van der Waals surface area contributed by atoms with Crippen molar-refractivity contribution < 1.29 is 0 Å². The zero-order chi connectivity index (χ0) is 11.3. The van der Waals surface area contributed by atoms with Crippen LogP contribution in [0.3, 0.4) is 0 Å². The fraction of sp³-hybridized carbons (Fsp3) is 0.167. The fourth-order valence-corrected chi connectivity index (χ4v) is 2.10. The number of anilines is 1. The van der Waals surface area contributed by atoms with Gasteiger partial charge in [0.2, 0.25) is 5.95 Å². The predicted octanol–water partition coefficient (Wildman–Crippen LogP) is 2.01. The molecule has 80 valence electrons. The molecule has 0 atom stereocenters. The van der Waals surface area contributed by atoms with Crippen molar-refractivity contribution in [2.45, 2.75) is 6.92 Å². The van der Waals surface area contributed by atoms with Crippen molar-refractivity contribution >= 4 is 27.9 Å². The third-order valence-corrected chi connectivity index (χ3v) is 2.91. The summed E-state index contributed by atoms with van der Waals surface area (Å²) in [6.07, 6.45) is 1.79. The summed E-state index contributed by atoms with van der Waals surface area (Å²) in [7, 11) is 1.99.